The van der Waals surface area contributed by atoms with Gasteiger partial charge in [-0.1, -0.05) is 31.9 Å². The van der Waals surface area contributed by atoms with Crippen LogP contribution < -0.4 is 5.32 Å². The predicted molar refractivity (Wildman–Crippen MR) is 91.5 cm³/mol. The molecular weight excluding hydrogens is 396 g/mol. The Morgan fingerprint density at radius 1 is 1.10 bits per heavy atom. The average molecular weight is 416 g/mol. The highest BCUT2D eigenvalue weighted by atomic mass is 79.9. The molecule has 0 atom stereocenters. The molecular formula is C16H20Br2N2O. The third-order valence-electron chi connectivity index (χ3n) is 4.27. The Morgan fingerprint density at radius 2 is 1.71 bits per heavy atom. The van der Waals surface area contributed by atoms with Crippen LogP contribution in [0.25, 0.3) is 0 Å². The van der Waals surface area contributed by atoms with Crippen LogP contribution in [0.4, 0.5) is 0 Å². The fourth-order valence-corrected chi connectivity index (χ4v) is 4.26. The minimum Gasteiger partial charge on any atom is -0.335 e. The number of nitrogens with one attached hydrogen (secondary N) is 1. The fourth-order valence-electron chi connectivity index (χ4n) is 2.97. The van der Waals surface area contributed by atoms with Gasteiger partial charge in [0.05, 0.1) is 0 Å². The Bertz CT molecular complexity index is 505. The molecule has 3 rings (SSSR count). The third kappa shape index (κ3) is 4.08. The van der Waals surface area contributed by atoms with Gasteiger partial charge >= 0.3 is 0 Å². The van der Waals surface area contributed by atoms with Crippen LogP contribution >= 0.6 is 31.9 Å². The van der Waals surface area contributed by atoms with Gasteiger partial charge in [0.25, 0.3) is 5.91 Å². The molecule has 1 aliphatic carbocycles. The molecule has 114 valence electrons. The molecule has 0 unspecified atom stereocenters. The first-order chi connectivity index (χ1) is 10.1. The molecule has 5 heteroatoms. The first-order valence-electron chi connectivity index (χ1n) is 7.61. The Kier molecular flexibility index (Phi) is 5.02. The van der Waals surface area contributed by atoms with Crippen LogP contribution in [0.1, 0.15) is 36.0 Å². The van der Waals surface area contributed by atoms with Crippen molar-refractivity contribution in [3.63, 3.8) is 0 Å². The molecule has 21 heavy (non-hydrogen) atoms. The lowest BCUT2D eigenvalue weighted by molar-refractivity contribution is 0.0701. The lowest BCUT2D eigenvalue weighted by atomic mass is 9.97. The number of carbonyl (C=O) groups is 1. The van der Waals surface area contributed by atoms with E-state index in [4.69, 9.17) is 0 Å². The molecule has 1 saturated carbocycles. The number of benzene rings is 1. The van der Waals surface area contributed by atoms with Gasteiger partial charge in [-0.3, -0.25) is 4.79 Å². The number of nitrogens with zero attached hydrogens (tertiary/aromatic N) is 1. The summed E-state index contributed by atoms with van der Waals surface area (Å²) in [6.07, 6.45) is 4.68. The van der Waals surface area contributed by atoms with E-state index in [1.54, 1.807) is 0 Å². The lowest BCUT2D eigenvalue weighted by Gasteiger charge is -2.30. The van der Waals surface area contributed by atoms with Crippen LogP contribution in [-0.2, 0) is 0 Å². The van der Waals surface area contributed by atoms with E-state index >= 15 is 0 Å². The second-order valence-electron chi connectivity index (χ2n) is 6.04. The Balaban J connectivity index is 1.74. The van der Waals surface area contributed by atoms with Crippen molar-refractivity contribution in [2.24, 2.45) is 5.92 Å². The Morgan fingerprint density at radius 3 is 2.29 bits per heavy atom. The van der Waals surface area contributed by atoms with Gasteiger partial charge in [-0.25, -0.2) is 0 Å². The molecule has 0 aromatic heterocycles. The average Bonchev–Trinajstić information content (AvgIpc) is 3.29. The van der Waals surface area contributed by atoms with E-state index in [2.05, 4.69) is 42.1 Å². The summed E-state index contributed by atoms with van der Waals surface area (Å²) in [5.74, 6) is 0.824. The van der Waals surface area contributed by atoms with E-state index in [1.165, 1.54) is 12.8 Å². The molecule has 0 bridgehead atoms. The number of hydrogen-bond donors (Lipinski definition) is 1. The predicted octanol–water partition coefficient (Wildman–Crippen LogP) is 3.82. The van der Waals surface area contributed by atoms with Gasteiger partial charge in [0, 0.05) is 27.1 Å². The summed E-state index contributed by atoms with van der Waals surface area (Å²) in [4.78, 5) is 15.0. The maximum Gasteiger partial charge on any atom is 0.254 e. The van der Waals surface area contributed by atoms with Crippen LogP contribution in [0.5, 0.6) is 0 Å². The van der Waals surface area contributed by atoms with Gasteiger partial charge in [0.2, 0.25) is 0 Å². The third-order valence-corrected chi connectivity index (χ3v) is 5.19. The van der Waals surface area contributed by atoms with Crippen LogP contribution in [0.15, 0.2) is 27.1 Å². The molecule has 1 aliphatic heterocycles. The molecule has 0 radical (unpaired) electrons. The van der Waals surface area contributed by atoms with Crippen molar-refractivity contribution in [2.75, 3.05) is 19.6 Å². The second kappa shape index (κ2) is 6.80. The maximum absolute atomic E-state index is 12.9. The molecule has 1 saturated heterocycles. The van der Waals surface area contributed by atoms with Gasteiger partial charge in [0.15, 0.2) is 0 Å². The van der Waals surface area contributed by atoms with E-state index in [9.17, 15) is 4.79 Å². The fraction of sp³-hybridized carbons (Fsp3) is 0.562. The van der Waals surface area contributed by atoms with Crippen LogP contribution in [0.3, 0.4) is 0 Å². The molecule has 1 aromatic rings. The van der Waals surface area contributed by atoms with Gasteiger partial charge in [0.1, 0.15) is 0 Å². The SMILES string of the molecule is O=C(c1cc(Br)cc(Br)c1)N(CC1CCNCC1)C1CC1. The number of piperidine rings is 1. The minimum absolute atomic E-state index is 0.179. The lowest BCUT2D eigenvalue weighted by Crippen LogP contribution is -2.40. The van der Waals surface area contributed by atoms with Crippen molar-refractivity contribution in [1.29, 1.82) is 0 Å². The number of rotatable bonds is 4. The highest BCUT2D eigenvalue weighted by Crippen LogP contribution is 2.31. The number of hydrogen-bond acceptors (Lipinski definition) is 2. The van der Waals surface area contributed by atoms with E-state index in [-0.39, 0.29) is 5.91 Å². The summed E-state index contributed by atoms with van der Waals surface area (Å²) >= 11 is 6.95. The van der Waals surface area contributed by atoms with Crippen molar-refractivity contribution < 1.29 is 4.79 Å². The molecule has 1 amide bonds. The molecule has 2 fully saturated rings. The number of amides is 1. The zero-order chi connectivity index (χ0) is 14.8. The molecule has 2 aliphatic rings. The van der Waals surface area contributed by atoms with Gasteiger partial charge in [-0.2, -0.15) is 0 Å². The van der Waals surface area contributed by atoms with E-state index in [0.29, 0.717) is 12.0 Å². The number of carbonyl (C=O) groups excluding carboxylic acids is 1. The van der Waals surface area contributed by atoms with Crippen molar-refractivity contribution >= 4 is 37.8 Å². The van der Waals surface area contributed by atoms with Gasteiger partial charge in [-0.05, 0) is 62.9 Å². The quantitative estimate of drug-likeness (QED) is 0.810. The number of halogens is 2. The van der Waals surface area contributed by atoms with Gasteiger partial charge < -0.3 is 10.2 Å². The minimum atomic E-state index is 0.179. The highest BCUT2D eigenvalue weighted by molar-refractivity contribution is 9.11. The molecule has 3 nitrogen and oxygen atoms in total. The Hall–Kier alpha value is -0.390. The van der Waals surface area contributed by atoms with Crippen molar-refractivity contribution in [1.82, 2.24) is 10.2 Å². The maximum atomic E-state index is 12.9. The first-order valence-corrected chi connectivity index (χ1v) is 9.20. The second-order valence-corrected chi connectivity index (χ2v) is 7.87. The zero-order valence-electron chi connectivity index (χ0n) is 11.9. The normalized spacial score (nSPS) is 19.5. The van der Waals surface area contributed by atoms with E-state index in [1.807, 2.05) is 18.2 Å². The van der Waals surface area contributed by atoms with Crippen LogP contribution in [0.2, 0.25) is 0 Å². The molecule has 1 aromatic carbocycles. The molecule has 0 spiro atoms. The molecule has 1 heterocycles. The Labute approximate surface area is 142 Å². The van der Waals surface area contributed by atoms with E-state index in [0.717, 1.165) is 47.0 Å². The van der Waals surface area contributed by atoms with Gasteiger partial charge in [-0.15, -0.1) is 0 Å². The summed E-state index contributed by atoms with van der Waals surface area (Å²) in [6, 6.07) is 6.27. The van der Waals surface area contributed by atoms with Crippen LogP contribution in [-0.4, -0.2) is 36.5 Å². The van der Waals surface area contributed by atoms with Crippen molar-refractivity contribution in [2.45, 2.75) is 31.7 Å². The van der Waals surface area contributed by atoms with Crippen molar-refractivity contribution in [3.05, 3.63) is 32.7 Å². The summed E-state index contributed by atoms with van der Waals surface area (Å²) in [5.41, 5.74) is 0.775. The van der Waals surface area contributed by atoms with Crippen molar-refractivity contribution in [3.8, 4) is 0 Å². The zero-order valence-corrected chi connectivity index (χ0v) is 15.1. The summed E-state index contributed by atoms with van der Waals surface area (Å²) in [6.45, 7) is 3.08. The summed E-state index contributed by atoms with van der Waals surface area (Å²) in [7, 11) is 0. The van der Waals surface area contributed by atoms with E-state index < -0.39 is 0 Å². The monoisotopic (exact) mass is 414 g/mol. The summed E-state index contributed by atoms with van der Waals surface area (Å²) in [5, 5.41) is 3.39. The molecule has 1 N–H and O–H groups in total. The first kappa shape index (κ1) is 15.5. The largest absolute Gasteiger partial charge is 0.335 e. The summed E-state index contributed by atoms with van der Waals surface area (Å²) < 4.78 is 1.88. The highest BCUT2D eigenvalue weighted by Gasteiger charge is 2.34. The standard InChI is InChI=1S/C16H20Br2N2O/c17-13-7-12(8-14(18)9-13)16(21)20(15-1-2-15)10-11-3-5-19-6-4-11/h7-9,11,15,19H,1-6,10H2. The van der Waals surface area contributed by atoms with Crippen LogP contribution in [0, 0.1) is 5.92 Å². The topological polar surface area (TPSA) is 32.3 Å². The smallest absolute Gasteiger partial charge is 0.254 e.